The SMILES string of the molecule is CCCCCCCCCCCCC/C=C/CC/C=C/CC/C=C/C(O)C(CO)NC(=O)CC(O)CCCCCCCCCCCCCCCCCCC. The van der Waals surface area contributed by atoms with Crippen LogP contribution in [0.15, 0.2) is 36.5 Å². The van der Waals surface area contributed by atoms with Crippen molar-refractivity contribution in [3.05, 3.63) is 36.5 Å². The van der Waals surface area contributed by atoms with E-state index in [4.69, 9.17) is 0 Å². The summed E-state index contributed by atoms with van der Waals surface area (Å²) in [5, 5.41) is 33.2. The number of unbranched alkanes of at least 4 members (excludes halogenated alkanes) is 29. The number of nitrogens with one attached hydrogen (secondary N) is 1. The molecule has 0 radical (unpaired) electrons. The van der Waals surface area contributed by atoms with Gasteiger partial charge < -0.3 is 20.6 Å². The van der Waals surface area contributed by atoms with E-state index in [0.29, 0.717) is 6.42 Å². The lowest BCUT2D eigenvalue weighted by Gasteiger charge is -2.21. The Morgan fingerprint density at radius 1 is 0.472 bits per heavy atom. The molecular weight excluding hydrogens is 655 g/mol. The Kier molecular flexibility index (Phi) is 42.1. The Hall–Kier alpha value is -1.43. The fraction of sp³-hybridized carbons (Fsp3) is 0.854. The molecule has 0 aliphatic rings. The van der Waals surface area contributed by atoms with Crippen LogP contribution in [0, 0.1) is 0 Å². The van der Waals surface area contributed by atoms with E-state index >= 15 is 0 Å². The molecule has 1 amide bonds. The first-order valence-corrected chi connectivity index (χ1v) is 23.3. The average molecular weight is 746 g/mol. The zero-order valence-electron chi connectivity index (χ0n) is 35.4. The summed E-state index contributed by atoms with van der Waals surface area (Å²) in [6, 6.07) is -0.765. The minimum atomic E-state index is -0.958. The third-order valence-electron chi connectivity index (χ3n) is 10.7. The van der Waals surface area contributed by atoms with Crippen molar-refractivity contribution in [2.75, 3.05) is 6.61 Å². The predicted molar refractivity (Wildman–Crippen MR) is 231 cm³/mol. The van der Waals surface area contributed by atoms with Crippen molar-refractivity contribution in [2.45, 2.75) is 257 Å². The van der Waals surface area contributed by atoms with Crippen molar-refractivity contribution in [1.82, 2.24) is 5.32 Å². The number of aliphatic hydroxyl groups is 3. The Morgan fingerprint density at radius 3 is 1.21 bits per heavy atom. The molecule has 0 aromatic rings. The Bertz CT molecular complexity index is 824. The third-order valence-corrected chi connectivity index (χ3v) is 10.7. The topological polar surface area (TPSA) is 89.8 Å². The maximum atomic E-state index is 12.4. The second-order valence-corrected chi connectivity index (χ2v) is 16.0. The molecule has 0 aromatic heterocycles. The van der Waals surface area contributed by atoms with E-state index in [-0.39, 0.29) is 18.9 Å². The van der Waals surface area contributed by atoms with Gasteiger partial charge in [0.25, 0.3) is 0 Å². The lowest BCUT2D eigenvalue weighted by Crippen LogP contribution is -2.45. The molecule has 312 valence electrons. The van der Waals surface area contributed by atoms with E-state index in [9.17, 15) is 20.1 Å². The molecule has 0 spiro atoms. The molecule has 0 aliphatic heterocycles. The minimum absolute atomic E-state index is 0.00509. The van der Waals surface area contributed by atoms with Crippen molar-refractivity contribution >= 4 is 5.91 Å². The van der Waals surface area contributed by atoms with Gasteiger partial charge in [-0.15, -0.1) is 0 Å². The van der Waals surface area contributed by atoms with Crippen molar-refractivity contribution in [1.29, 1.82) is 0 Å². The van der Waals surface area contributed by atoms with Gasteiger partial charge in [-0.25, -0.2) is 0 Å². The first-order chi connectivity index (χ1) is 26.0. The molecule has 4 N–H and O–H groups in total. The summed E-state index contributed by atoms with van der Waals surface area (Å²) < 4.78 is 0. The molecule has 0 saturated carbocycles. The molecule has 0 saturated heterocycles. The first kappa shape index (κ1) is 51.6. The summed E-state index contributed by atoms with van der Waals surface area (Å²) in [5.74, 6) is -0.327. The summed E-state index contributed by atoms with van der Waals surface area (Å²) in [7, 11) is 0. The van der Waals surface area contributed by atoms with Crippen LogP contribution in [0.4, 0.5) is 0 Å². The molecule has 0 rings (SSSR count). The number of hydrogen-bond acceptors (Lipinski definition) is 4. The third kappa shape index (κ3) is 40.1. The Morgan fingerprint density at radius 2 is 0.811 bits per heavy atom. The molecular formula is C48H91NO4. The van der Waals surface area contributed by atoms with Gasteiger partial charge in [0.2, 0.25) is 5.91 Å². The van der Waals surface area contributed by atoms with Crippen molar-refractivity contribution in [3.8, 4) is 0 Å². The number of aliphatic hydroxyl groups excluding tert-OH is 3. The van der Waals surface area contributed by atoms with Gasteiger partial charge in [-0.1, -0.05) is 224 Å². The molecule has 3 atom stereocenters. The molecule has 0 aliphatic carbocycles. The van der Waals surface area contributed by atoms with Gasteiger partial charge >= 0.3 is 0 Å². The Balaban J connectivity index is 3.71. The van der Waals surface area contributed by atoms with E-state index in [1.807, 2.05) is 6.08 Å². The average Bonchev–Trinajstić information content (AvgIpc) is 3.15. The van der Waals surface area contributed by atoms with Crippen LogP contribution in [0.1, 0.15) is 239 Å². The minimum Gasteiger partial charge on any atom is -0.394 e. The molecule has 0 bridgehead atoms. The van der Waals surface area contributed by atoms with Gasteiger partial charge in [-0.3, -0.25) is 4.79 Å². The monoisotopic (exact) mass is 746 g/mol. The maximum absolute atomic E-state index is 12.4. The van der Waals surface area contributed by atoms with Crippen molar-refractivity contribution in [3.63, 3.8) is 0 Å². The number of amides is 1. The molecule has 0 aromatic carbocycles. The second kappa shape index (κ2) is 43.3. The summed E-state index contributed by atoms with van der Waals surface area (Å²) in [6.45, 7) is 4.21. The molecule has 3 unspecified atom stereocenters. The van der Waals surface area contributed by atoms with Gasteiger partial charge in [0.15, 0.2) is 0 Å². The first-order valence-electron chi connectivity index (χ1n) is 23.3. The summed E-state index contributed by atoms with van der Waals surface area (Å²) >= 11 is 0. The zero-order valence-corrected chi connectivity index (χ0v) is 35.4. The van der Waals surface area contributed by atoms with Gasteiger partial charge in [0.1, 0.15) is 0 Å². The number of hydrogen-bond donors (Lipinski definition) is 4. The predicted octanol–water partition coefficient (Wildman–Crippen LogP) is 13.5. The lowest BCUT2D eigenvalue weighted by molar-refractivity contribution is -0.124. The van der Waals surface area contributed by atoms with Gasteiger partial charge in [-0.2, -0.15) is 0 Å². The highest BCUT2D eigenvalue weighted by Crippen LogP contribution is 2.16. The van der Waals surface area contributed by atoms with Gasteiger partial charge in [0.05, 0.1) is 31.3 Å². The van der Waals surface area contributed by atoms with E-state index in [1.165, 1.54) is 173 Å². The highest BCUT2D eigenvalue weighted by Gasteiger charge is 2.20. The van der Waals surface area contributed by atoms with E-state index < -0.39 is 18.2 Å². The fourth-order valence-electron chi connectivity index (χ4n) is 7.08. The molecule has 0 fully saturated rings. The number of carbonyl (C=O) groups excluding carboxylic acids is 1. The normalized spacial score (nSPS) is 13.8. The molecule has 5 nitrogen and oxygen atoms in total. The zero-order chi connectivity index (χ0) is 38.7. The van der Waals surface area contributed by atoms with Crippen LogP contribution >= 0.6 is 0 Å². The summed E-state index contributed by atoms with van der Waals surface area (Å²) in [5.41, 5.74) is 0. The van der Waals surface area contributed by atoms with Crippen LogP contribution in [-0.2, 0) is 4.79 Å². The van der Waals surface area contributed by atoms with Gasteiger partial charge in [-0.05, 0) is 44.9 Å². The highest BCUT2D eigenvalue weighted by atomic mass is 16.3. The largest absolute Gasteiger partial charge is 0.394 e. The summed E-state index contributed by atoms with van der Waals surface area (Å²) in [6.07, 6.45) is 54.4. The van der Waals surface area contributed by atoms with E-state index in [0.717, 1.165) is 38.5 Å². The fourth-order valence-corrected chi connectivity index (χ4v) is 7.08. The van der Waals surface area contributed by atoms with Crippen LogP contribution < -0.4 is 5.32 Å². The van der Waals surface area contributed by atoms with Crippen molar-refractivity contribution in [2.24, 2.45) is 0 Å². The summed E-state index contributed by atoms with van der Waals surface area (Å²) in [4.78, 5) is 12.4. The van der Waals surface area contributed by atoms with Crippen LogP contribution in [0.3, 0.4) is 0 Å². The standard InChI is InChI=1S/C48H91NO4/c1-3-5-7-9-11-13-15-17-19-21-22-23-24-26-28-30-32-34-36-38-40-42-47(52)46(44-50)49-48(53)43-45(51)41-39-37-35-33-31-29-27-25-20-18-16-14-12-10-8-6-4-2/h24,26,32,34,40,42,45-47,50-52H,3-23,25,27-31,33,35-39,41,43-44H2,1-2H3,(H,49,53)/b26-24+,34-32+,42-40+. The van der Waals surface area contributed by atoms with Crippen LogP contribution in [0.5, 0.6) is 0 Å². The van der Waals surface area contributed by atoms with Crippen LogP contribution in [0.2, 0.25) is 0 Å². The van der Waals surface area contributed by atoms with Gasteiger partial charge in [0, 0.05) is 0 Å². The lowest BCUT2D eigenvalue weighted by atomic mass is 10.0. The number of allylic oxidation sites excluding steroid dienone is 5. The second-order valence-electron chi connectivity index (χ2n) is 16.0. The van der Waals surface area contributed by atoms with E-state index in [1.54, 1.807) is 6.08 Å². The highest BCUT2D eigenvalue weighted by molar-refractivity contribution is 5.76. The molecule has 53 heavy (non-hydrogen) atoms. The smallest absolute Gasteiger partial charge is 0.222 e. The van der Waals surface area contributed by atoms with Crippen molar-refractivity contribution < 1.29 is 20.1 Å². The van der Waals surface area contributed by atoms with E-state index in [2.05, 4.69) is 43.5 Å². The van der Waals surface area contributed by atoms with Crippen LogP contribution in [0.25, 0.3) is 0 Å². The Labute approximate surface area is 330 Å². The number of carbonyl (C=O) groups is 1. The van der Waals surface area contributed by atoms with Crippen LogP contribution in [-0.4, -0.2) is 46.1 Å². The number of rotatable bonds is 42. The quantitative estimate of drug-likeness (QED) is 0.0370. The maximum Gasteiger partial charge on any atom is 0.222 e. The molecule has 0 heterocycles. The molecule has 5 heteroatoms.